The summed E-state index contributed by atoms with van der Waals surface area (Å²) in [6, 6.07) is 0. The first-order valence-electron chi connectivity index (χ1n) is 4.00. The van der Waals surface area contributed by atoms with Crippen molar-refractivity contribution in [3.63, 3.8) is 0 Å². The molecule has 0 saturated carbocycles. The van der Waals surface area contributed by atoms with Crippen LogP contribution in [-0.2, 0) is 4.79 Å². The molecule has 1 aromatic rings. The van der Waals surface area contributed by atoms with Crippen molar-refractivity contribution in [3.05, 3.63) is 12.4 Å². The van der Waals surface area contributed by atoms with Crippen LogP contribution < -0.4 is 0 Å². The molecule has 0 aromatic carbocycles. The zero-order valence-electron chi connectivity index (χ0n) is 7.52. The minimum Gasteiger partial charge on any atom is -0.480 e. The zero-order chi connectivity index (χ0) is 9.84. The molecule has 1 rings (SSSR count). The summed E-state index contributed by atoms with van der Waals surface area (Å²) in [6.07, 6.45) is 3.29. The molecule has 1 unspecified atom stereocenters. The summed E-state index contributed by atoms with van der Waals surface area (Å²) in [5.41, 5.74) is 0. The van der Waals surface area contributed by atoms with Crippen LogP contribution in [0.25, 0.3) is 0 Å². The molecule has 0 spiro atoms. The number of imidazole rings is 1. The summed E-state index contributed by atoms with van der Waals surface area (Å²) in [4.78, 5) is 17.6. The first-order chi connectivity index (χ1) is 6.11. The predicted octanol–water partition coefficient (Wildman–Crippen LogP) is 1.61. The Morgan fingerprint density at radius 1 is 1.69 bits per heavy atom. The van der Waals surface area contributed by atoms with Crippen molar-refractivity contribution < 1.29 is 9.90 Å². The third kappa shape index (κ3) is 2.77. The number of aliphatic carboxylic acids is 1. The monoisotopic (exact) mass is 200 g/mol. The normalized spacial score (nSPS) is 13.2. The van der Waals surface area contributed by atoms with Crippen molar-refractivity contribution in [2.24, 2.45) is 5.92 Å². The van der Waals surface area contributed by atoms with Gasteiger partial charge in [-0.3, -0.25) is 4.79 Å². The number of carbonyl (C=O) groups is 1. The fourth-order valence-electron chi connectivity index (χ4n) is 0.907. The summed E-state index contributed by atoms with van der Waals surface area (Å²) in [7, 11) is 0. The molecule has 0 aliphatic rings. The summed E-state index contributed by atoms with van der Waals surface area (Å²) in [5, 5.41) is 9.10. The van der Waals surface area contributed by atoms with E-state index in [0.29, 0.717) is 5.16 Å². The molecule has 5 heteroatoms. The van der Waals surface area contributed by atoms with Crippen LogP contribution in [0.1, 0.15) is 13.8 Å². The number of hydrogen-bond donors (Lipinski definition) is 2. The fraction of sp³-hybridized carbons (Fsp3) is 0.500. The van der Waals surface area contributed by atoms with Gasteiger partial charge in [-0.15, -0.1) is 0 Å². The highest BCUT2D eigenvalue weighted by Gasteiger charge is 2.23. The Labute approximate surface area is 80.8 Å². The Bertz CT molecular complexity index is 272. The second-order valence-corrected chi connectivity index (χ2v) is 4.15. The standard InChI is InChI=1S/C8H12N2O2S/c1-5(2)6(7(11)12)13-8-9-3-4-10-8/h3-6H,1-2H3,(H,9,10)(H,11,12). The molecular formula is C8H12N2O2S. The number of thioether (sulfide) groups is 1. The van der Waals surface area contributed by atoms with E-state index in [0.717, 1.165) is 0 Å². The molecule has 0 amide bonds. The third-order valence-electron chi connectivity index (χ3n) is 1.56. The van der Waals surface area contributed by atoms with E-state index in [1.165, 1.54) is 11.8 Å². The lowest BCUT2D eigenvalue weighted by Gasteiger charge is -2.13. The highest BCUT2D eigenvalue weighted by Crippen LogP contribution is 2.25. The van der Waals surface area contributed by atoms with E-state index in [-0.39, 0.29) is 5.92 Å². The molecule has 2 N–H and O–H groups in total. The van der Waals surface area contributed by atoms with Crippen LogP contribution in [-0.4, -0.2) is 26.3 Å². The van der Waals surface area contributed by atoms with Crippen molar-refractivity contribution in [3.8, 4) is 0 Å². The maximum Gasteiger partial charge on any atom is 0.317 e. The highest BCUT2D eigenvalue weighted by atomic mass is 32.2. The van der Waals surface area contributed by atoms with Gasteiger partial charge in [-0.25, -0.2) is 4.98 Å². The summed E-state index contributed by atoms with van der Waals surface area (Å²) >= 11 is 1.25. The largest absolute Gasteiger partial charge is 0.480 e. The quantitative estimate of drug-likeness (QED) is 0.725. The number of carboxylic acid groups (broad SMARTS) is 1. The minimum absolute atomic E-state index is 0.0904. The number of nitrogens with one attached hydrogen (secondary N) is 1. The van der Waals surface area contributed by atoms with Crippen molar-refractivity contribution >= 4 is 17.7 Å². The Morgan fingerprint density at radius 3 is 2.77 bits per heavy atom. The molecule has 13 heavy (non-hydrogen) atoms. The van der Waals surface area contributed by atoms with Gasteiger partial charge in [0.05, 0.1) is 0 Å². The summed E-state index contributed by atoms with van der Waals surface area (Å²) in [5.74, 6) is -0.705. The van der Waals surface area contributed by atoms with Crippen LogP contribution in [0.5, 0.6) is 0 Å². The van der Waals surface area contributed by atoms with Gasteiger partial charge in [0.15, 0.2) is 5.16 Å². The number of carboxylic acids is 1. The van der Waals surface area contributed by atoms with Gasteiger partial charge in [0, 0.05) is 12.4 Å². The molecule has 0 aliphatic heterocycles. The van der Waals surface area contributed by atoms with E-state index in [1.54, 1.807) is 12.4 Å². The highest BCUT2D eigenvalue weighted by molar-refractivity contribution is 8.00. The second kappa shape index (κ2) is 4.32. The van der Waals surface area contributed by atoms with Gasteiger partial charge in [-0.1, -0.05) is 25.6 Å². The topological polar surface area (TPSA) is 66.0 Å². The van der Waals surface area contributed by atoms with Gasteiger partial charge in [0.25, 0.3) is 0 Å². The number of rotatable bonds is 4. The van der Waals surface area contributed by atoms with Crippen LogP contribution in [0.15, 0.2) is 17.6 Å². The third-order valence-corrected chi connectivity index (χ3v) is 3.01. The van der Waals surface area contributed by atoms with Crippen molar-refractivity contribution in [2.75, 3.05) is 0 Å². The lowest BCUT2D eigenvalue weighted by molar-refractivity contribution is -0.137. The predicted molar refractivity (Wildman–Crippen MR) is 50.7 cm³/mol. The first kappa shape index (κ1) is 10.1. The van der Waals surface area contributed by atoms with Gasteiger partial charge < -0.3 is 10.1 Å². The maximum atomic E-state index is 10.8. The Hall–Kier alpha value is -0.970. The van der Waals surface area contributed by atoms with Gasteiger partial charge in [0.2, 0.25) is 0 Å². The Kier molecular flexibility index (Phi) is 3.36. The molecule has 4 nitrogen and oxygen atoms in total. The molecule has 0 aliphatic carbocycles. The number of hydrogen-bond acceptors (Lipinski definition) is 3. The van der Waals surface area contributed by atoms with E-state index < -0.39 is 11.2 Å². The van der Waals surface area contributed by atoms with Gasteiger partial charge in [-0.05, 0) is 5.92 Å². The smallest absolute Gasteiger partial charge is 0.317 e. The van der Waals surface area contributed by atoms with Crippen LogP contribution >= 0.6 is 11.8 Å². The molecule has 0 saturated heterocycles. The minimum atomic E-state index is -0.795. The van der Waals surface area contributed by atoms with E-state index >= 15 is 0 Å². The summed E-state index contributed by atoms with van der Waals surface area (Å²) < 4.78 is 0. The van der Waals surface area contributed by atoms with Gasteiger partial charge in [-0.2, -0.15) is 0 Å². The van der Waals surface area contributed by atoms with Crippen LogP contribution in [0.3, 0.4) is 0 Å². The molecule has 1 atom stereocenters. The first-order valence-corrected chi connectivity index (χ1v) is 4.88. The molecule has 1 aromatic heterocycles. The van der Waals surface area contributed by atoms with E-state index in [2.05, 4.69) is 9.97 Å². The number of aromatic amines is 1. The summed E-state index contributed by atoms with van der Waals surface area (Å²) in [6.45, 7) is 3.77. The Balaban J connectivity index is 2.63. The van der Waals surface area contributed by atoms with Gasteiger partial charge in [0.1, 0.15) is 5.25 Å². The zero-order valence-corrected chi connectivity index (χ0v) is 8.34. The average Bonchev–Trinajstić information content (AvgIpc) is 2.50. The number of H-pyrrole nitrogens is 1. The lowest BCUT2D eigenvalue weighted by Crippen LogP contribution is -2.22. The van der Waals surface area contributed by atoms with E-state index in [1.807, 2.05) is 13.8 Å². The van der Waals surface area contributed by atoms with Crippen molar-refractivity contribution in [1.82, 2.24) is 9.97 Å². The number of aromatic nitrogens is 2. The molecule has 72 valence electrons. The lowest BCUT2D eigenvalue weighted by atomic mass is 10.1. The van der Waals surface area contributed by atoms with E-state index in [9.17, 15) is 4.79 Å². The fourth-order valence-corrected chi connectivity index (χ4v) is 1.78. The van der Waals surface area contributed by atoms with E-state index in [4.69, 9.17) is 5.11 Å². The van der Waals surface area contributed by atoms with Crippen molar-refractivity contribution in [2.45, 2.75) is 24.3 Å². The average molecular weight is 200 g/mol. The molecule has 0 radical (unpaired) electrons. The molecule has 0 fully saturated rings. The second-order valence-electron chi connectivity index (χ2n) is 3.02. The Morgan fingerprint density at radius 2 is 2.38 bits per heavy atom. The SMILES string of the molecule is CC(C)C(Sc1ncc[nH]1)C(=O)O. The van der Waals surface area contributed by atoms with Crippen LogP contribution in [0, 0.1) is 5.92 Å². The maximum absolute atomic E-state index is 10.8. The molecule has 1 heterocycles. The van der Waals surface area contributed by atoms with Crippen LogP contribution in [0.2, 0.25) is 0 Å². The van der Waals surface area contributed by atoms with Crippen LogP contribution in [0.4, 0.5) is 0 Å². The molecular weight excluding hydrogens is 188 g/mol. The van der Waals surface area contributed by atoms with Crippen molar-refractivity contribution in [1.29, 1.82) is 0 Å². The number of nitrogens with zero attached hydrogens (tertiary/aromatic N) is 1. The van der Waals surface area contributed by atoms with Gasteiger partial charge >= 0.3 is 5.97 Å². The molecule has 0 bridgehead atoms.